The van der Waals surface area contributed by atoms with Crippen molar-refractivity contribution in [1.29, 1.82) is 0 Å². The molecule has 0 radical (unpaired) electrons. The van der Waals surface area contributed by atoms with Crippen LogP contribution in [0.15, 0.2) is 72.8 Å². The van der Waals surface area contributed by atoms with E-state index in [0.717, 1.165) is 22.3 Å². The number of hydrogen-bond acceptors (Lipinski definition) is 5. The number of rotatable bonds is 9. The minimum atomic E-state index is -3.65. The van der Waals surface area contributed by atoms with E-state index in [-0.39, 0.29) is 18.6 Å². The Morgan fingerprint density at radius 3 is 2.23 bits per heavy atom. The quantitative estimate of drug-likeness (QED) is 0.455. The molecule has 0 bridgehead atoms. The van der Waals surface area contributed by atoms with Crippen molar-refractivity contribution in [2.75, 3.05) is 10.6 Å². The first-order valence-corrected chi connectivity index (χ1v) is 13.9. The van der Waals surface area contributed by atoms with E-state index in [2.05, 4.69) is 19.2 Å². The summed E-state index contributed by atoms with van der Waals surface area (Å²) in [6.45, 7) is 4.61. The van der Waals surface area contributed by atoms with Gasteiger partial charge in [-0.1, -0.05) is 80.6 Å². The minimum absolute atomic E-state index is 0.0905. The van der Waals surface area contributed by atoms with Gasteiger partial charge in [0.1, 0.15) is 12.4 Å². The molecule has 0 saturated heterocycles. The Kier molecular flexibility index (Phi) is 7.79. The second kappa shape index (κ2) is 10.8. The van der Waals surface area contributed by atoms with E-state index in [4.69, 9.17) is 4.74 Å². The number of ether oxygens (including phenoxy) is 1. The van der Waals surface area contributed by atoms with Gasteiger partial charge >= 0.3 is 0 Å². The highest BCUT2D eigenvalue weighted by Gasteiger charge is 2.34. The zero-order chi connectivity index (χ0) is 25.0. The van der Waals surface area contributed by atoms with Gasteiger partial charge in [-0.15, -0.1) is 0 Å². The Bertz CT molecular complexity index is 1230. The van der Waals surface area contributed by atoms with E-state index in [0.29, 0.717) is 30.9 Å². The molecule has 1 aliphatic carbocycles. The standard InChI is InChI=1S/C28H34N2O4S/c1-20(2)29-25-16-14-23-24(28(25)31)15-17-26(34-19-22-12-8-5-9-13-22)27(23)30(35(3,32)33)18-21-10-6-4-7-11-21/h4-13,15,17,20,25,28-29,31H,14,16,18-19H2,1-3H3. The fraction of sp³-hybridized carbons (Fsp3) is 0.357. The number of aliphatic hydroxyl groups excluding tert-OH is 1. The highest BCUT2D eigenvalue weighted by molar-refractivity contribution is 7.92. The van der Waals surface area contributed by atoms with Crippen molar-refractivity contribution in [2.45, 2.75) is 58.0 Å². The van der Waals surface area contributed by atoms with Crippen molar-refractivity contribution in [3.05, 3.63) is 95.1 Å². The maximum Gasteiger partial charge on any atom is 0.232 e. The Morgan fingerprint density at radius 1 is 1.00 bits per heavy atom. The van der Waals surface area contributed by atoms with Crippen molar-refractivity contribution in [1.82, 2.24) is 5.32 Å². The van der Waals surface area contributed by atoms with E-state index in [9.17, 15) is 13.5 Å². The van der Waals surface area contributed by atoms with Crippen LogP contribution in [-0.2, 0) is 29.6 Å². The molecule has 7 heteroatoms. The van der Waals surface area contributed by atoms with Crippen LogP contribution < -0.4 is 14.4 Å². The number of anilines is 1. The van der Waals surface area contributed by atoms with Crippen molar-refractivity contribution in [3.63, 3.8) is 0 Å². The summed E-state index contributed by atoms with van der Waals surface area (Å²) in [5.74, 6) is 0.497. The summed E-state index contributed by atoms with van der Waals surface area (Å²) < 4.78 is 33.9. The van der Waals surface area contributed by atoms with Gasteiger partial charge in [-0.3, -0.25) is 4.31 Å². The van der Waals surface area contributed by atoms with Crippen molar-refractivity contribution < 1.29 is 18.3 Å². The zero-order valence-corrected chi connectivity index (χ0v) is 21.3. The predicted octanol–water partition coefficient (Wildman–Crippen LogP) is 4.58. The third-order valence-corrected chi connectivity index (χ3v) is 7.40. The Balaban J connectivity index is 1.79. The molecule has 0 saturated carbocycles. The molecule has 6 nitrogen and oxygen atoms in total. The third kappa shape index (κ3) is 6.04. The first kappa shape index (κ1) is 25.2. The van der Waals surface area contributed by atoms with Crippen LogP contribution in [-0.4, -0.2) is 31.9 Å². The van der Waals surface area contributed by atoms with Crippen LogP contribution in [0.25, 0.3) is 0 Å². The number of benzene rings is 3. The Morgan fingerprint density at radius 2 is 1.63 bits per heavy atom. The average Bonchev–Trinajstić information content (AvgIpc) is 2.83. The van der Waals surface area contributed by atoms with Crippen LogP contribution >= 0.6 is 0 Å². The molecule has 0 aliphatic heterocycles. The molecule has 4 rings (SSSR count). The Labute approximate surface area is 208 Å². The molecule has 0 fully saturated rings. The zero-order valence-electron chi connectivity index (χ0n) is 20.5. The normalized spacial score (nSPS) is 17.7. The number of aliphatic hydroxyl groups is 1. The minimum Gasteiger partial charge on any atom is -0.487 e. The summed E-state index contributed by atoms with van der Waals surface area (Å²) in [6, 6.07) is 23.1. The van der Waals surface area contributed by atoms with Gasteiger partial charge in [0.05, 0.1) is 24.6 Å². The van der Waals surface area contributed by atoms with E-state index in [1.165, 1.54) is 10.6 Å². The monoisotopic (exact) mass is 494 g/mol. The second-order valence-electron chi connectivity index (χ2n) is 9.42. The van der Waals surface area contributed by atoms with Gasteiger partial charge in [-0.2, -0.15) is 0 Å². The molecule has 0 aromatic heterocycles. The van der Waals surface area contributed by atoms with Gasteiger partial charge in [-0.25, -0.2) is 8.42 Å². The van der Waals surface area contributed by atoms with Gasteiger partial charge in [-0.05, 0) is 41.2 Å². The molecule has 35 heavy (non-hydrogen) atoms. The lowest BCUT2D eigenvalue weighted by Crippen LogP contribution is -2.42. The van der Waals surface area contributed by atoms with Crippen LogP contribution in [0.3, 0.4) is 0 Å². The molecule has 0 spiro atoms. The van der Waals surface area contributed by atoms with Crippen molar-refractivity contribution >= 4 is 15.7 Å². The fourth-order valence-corrected chi connectivity index (χ4v) is 5.60. The first-order chi connectivity index (χ1) is 16.7. The second-order valence-corrected chi connectivity index (χ2v) is 11.3. The highest BCUT2D eigenvalue weighted by Crippen LogP contribution is 2.43. The van der Waals surface area contributed by atoms with Gasteiger partial charge in [0, 0.05) is 12.1 Å². The smallest absolute Gasteiger partial charge is 0.232 e. The third-order valence-electron chi connectivity index (χ3n) is 6.29. The summed E-state index contributed by atoms with van der Waals surface area (Å²) in [6.07, 6.45) is 1.82. The van der Waals surface area contributed by atoms with Crippen LogP contribution in [0.1, 0.15) is 48.6 Å². The van der Waals surface area contributed by atoms with Crippen LogP contribution in [0.4, 0.5) is 5.69 Å². The molecule has 2 unspecified atom stereocenters. The Hall–Kier alpha value is -2.87. The summed E-state index contributed by atoms with van der Waals surface area (Å²) in [5, 5.41) is 14.6. The van der Waals surface area contributed by atoms with E-state index >= 15 is 0 Å². The van der Waals surface area contributed by atoms with Gasteiger partial charge < -0.3 is 15.2 Å². The van der Waals surface area contributed by atoms with Crippen LogP contribution in [0.2, 0.25) is 0 Å². The van der Waals surface area contributed by atoms with Gasteiger partial charge in [0.25, 0.3) is 0 Å². The summed E-state index contributed by atoms with van der Waals surface area (Å²) in [5.41, 5.74) is 3.96. The number of hydrogen-bond donors (Lipinski definition) is 2. The molecule has 2 N–H and O–H groups in total. The summed E-state index contributed by atoms with van der Waals surface area (Å²) in [7, 11) is -3.65. The van der Waals surface area contributed by atoms with E-state index < -0.39 is 16.1 Å². The summed E-state index contributed by atoms with van der Waals surface area (Å²) in [4.78, 5) is 0. The maximum atomic E-state index is 13.1. The maximum absolute atomic E-state index is 13.1. The number of nitrogens with one attached hydrogen (secondary N) is 1. The number of fused-ring (bicyclic) bond motifs is 1. The summed E-state index contributed by atoms with van der Waals surface area (Å²) >= 11 is 0. The van der Waals surface area contributed by atoms with E-state index in [1.54, 1.807) is 6.07 Å². The highest BCUT2D eigenvalue weighted by atomic mass is 32.2. The van der Waals surface area contributed by atoms with E-state index in [1.807, 2.05) is 66.7 Å². The average molecular weight is 495 g/mol. The van der Waals surface area contributed by atoms with Crippen molar-refractivity contribution in [3.8, 4) is 5.75 Å². The van der Waals surface area contributed by atoms with Gasteiger partial charge in [0.15, 0.2) is 0 Å². The SMILES string of the molecule is CC(C)NC1CCc2c(ccc(OCc3ccccc3)c2N(Cc2ccccc2)S(C)(=O)=O)C1O. The molecule has 2 atom stereocenters. The molecular formula is C28H34N2O4S. The van der Waals surface area contributed by atoms with Crippen LogP contribution in [0.5, 0.6) is 5.75 Å². The van der Waals surface area contributed by atoms with Crippen LogP contribution in [0, 0.1) is 0 Å². The lowest BCUT2D eigenvalue weighted by atomic mass is 9.84. The molecule has 1 aliphatic rings. The first-order valence-electron chi connectivity index (χ1n) is 12.0. The number of nitrogens with zero attached hydrogens (tertiary/aromatic N) is 1. The lowest BCUT2D eigenvalue weighted by molar-refractivity contribution is 0.110. The number of sulfonamides is 1. The topological polar surface area (TPSA) is 78.9 Å². The molecule has 3 aromatic rings. The van der Waals surface area contributed by atoms with Gasteiger partial charge in [0.2, 0.25) is 10.0 Å². The molecule has 3 aromatic carbocycles. The lowest BCUT2D eigenvalue weighted by Gasteiger charge is -2.36. The molecular weight excluding hydrogens is 460 g/mol. The molecule has 0 heterocycles. The van der Waals surface area contributed by atoms with Crippen molar-refractivity contribution in [2.24, 2.45) is 0 Å². The molecule has 186 valence electrons. The largest absolute Gasteiger partial charge is 0.487 e. The molecule has 0 amide bonds. The predicted molar refractivity (Wildman–Crippen MR) is 140 cm³/mol. The fourth-order valence-electron chi connectivity index (χ4n) is 4.68.